The van der Waals surface area contributed by atoms with Gasteiger partial charge >= 0.3 is 0 Å². The van der Waals surface area contributed by atoms with Crippen LogP contribution in [0.15, 0.2) is 36.5 Å². The molecule has 1 aromatic carbocycles. The quantitative estimate of drug-likeness (QED) is 0.595. The van der Waals surface area contributed by atoms with Gasteiger partial charge in [-0.2, -0.15) is 5.10 Å². The molecule has 0 atom stereocenters. The summed E-state index contributed by atoms with van der Waals surface area (Å²) in [5.41, 5.74) is 2.64. The van der Waals surface area contributed by atoms with Crippen molar-refractivity contribution in [2.45, 2.75) is 32.7 Å². The molecular weight excluding hydrogens is 322 g/mol. The second-order valence-corrected chi connectivity index (χ2v) is 6.39. The summed E-state index contributed by atoms with van der Waals surface area (Å²) in [6, 6.07) is 7.87. The van der Waals surface area contributed by atoms with Gasteiger partial charge in [0.1, 0.15) is 0 Å². The molecule has 2 heterocycles. The molecular formula is C19H22ClN3O. The maximum absolute atomic E-state index is 12.4. The topological polar surface area (TPSA) is 38.1 Å². The highest BCUT2D eigenvalue weighted by atomic mass is 35.5. The van der Waals surface area contributed by atoms with Crippen LogP contribution in [0.25, 0.3) is 6.08 Å². The minimum atomic E-state index is -0.0277. The van der Waals surface area contributed by atoms with Gasteiger partial charge in [-0.05, 0) is 62.6 Å². The number of allylic oxidation sites excluding steroid dienone is 1. The Morgan fingerprint density at radius 3 is 2.58 bits per heavy atom. The highest BCUT2D eigenvalue weighted by molar-refractivity contribution is 6.31. The van der Waals surface area contributed by atoms with Gasteiger partial charge in [0.05, 0.1) is 16.9 Å². The second kappa shape index (κ2) is 7.67. The number of hydrogen-bond donors (Lipinski definition) is 0. The zero-order valence-corrected chi connectivity index (χ0v) is 14.7. The Bertz CT molecular complexity index is 728. The number of piperidine rings is 1. The Morgan fingerprint density at radius 2 is 1.92 bits per heavy atom. The molecule has 24 heavy (non-hydrogen) atoms. The molecule has 1 saturated heterocycles. The molecule has 5 heteroatoms. The normalized spacial score (nSPS) is 15.2. The van der Waals surface area contributed by atoms with Crippen LogP contribution in [0.3, 0.4) is 0 Å². The van der Waals surface area contributed by atoms with Gasteiger partial charge in [-0.1, -0.05) is 11.6 Å². The van der Waals surface area contributed by atoms with Crippen LogP contribution < -0.4 is 4.90 Å². The van der Waals surface area contributed by atoms with E-state index in [0.29, 0.717) is 17.1 Å². The number of nitrogens with zero attached hydrogens (tertiary/aromatic N) is 3. The monoisotopic (exact) mass is 343 g/mol. The fourth-order valence-corrected chi connectivity index (χ4v) is 3.23. The molecule has 3 rings (SSSR count). The van der Waals surface area contributed by atoms with Crippen molar-refractivity contribution in [1.29, 1.82) is 0 Å². The van der Waals surface area contributed by atoms with Gasteiger partial charge in [0.2, 0.25) is 0 Å². The lowest BCUT2D eigenvalue weighted by Gasteiger charge is -2.28. The maximum Gasteiger partial charge on any atom is 0.185 e. The van der Waals surface area contributed by atoms with Crippen molar-refractivity contribution < 1.29 is 4.79 Å². The van der Waals surface area contributed by atoms with E-state index in [-0.39, 0.29) is 5.78 Å². The van der Waals surface area contributed by atoms with Crippen LogP contribution in [-0.4, -0.2) is 28.7 Å². The molecule has 0 unspecified atom stereocenters. The molecule has 126 valence electrons. The van der Waals surface area contributed by atoms with Crippen LogP contribution in [0.5, 0.6) is 0 Å². The van der Waals surface area contributed by atoms with Crippen LogP contribution in [0.2, 0.25) is 5.02 Å². The molecule has 1 aliphatic heterocycles. The van der Waals surface area contributed by atoms with Crippen molar-refractivity contribution in [3.05, 3.63) is 52.8 Å². The molecule has 1 aromatic heterocycles. The van der Waals surface area contributed by atoms with Crippen LogP contribution in [-0.2, 0) is 6.54 Å². The smallest absolute Gasteiger partial charge is 0.185 e. The van der Waals surface area contributed by atoms with Gasteiger partial charge in [-0.3, -0.25) is 9.48 Å². The molecule has 2 aromatic rings. The second-order valence-electron chi connectivity index (χ2n) is 5.99. The Hall–Kier alpha value is -2.07. The number of halogens is 1. The fourth-order valence-electron chi connectivity index (χ4n) is 3.03. The average Bonchev–Trinajstić information content (AvgIpc) is 3.00. The highest BCUT2D eigenvalue weighted by Crippen LogP contribution is 2.21. The van der Waals surface area contributed by atoms with E-state index in [2.05, 4.69) is 10.00 Å². The third-order valence-corrected chi connectivity index (χ3v) is 4.69. The minimum Gasteiger partial charge on any atom is -0.372 e. The van der Waals surface area contributed by atoms with Crippen LogP contribution in [0.4, 0.5) is 5.69 Å². The summed E-state index contributed by atoms with van der Waals surface area (Å²) in [7, 11) is 0. The van der Waals surface area contributed by atoms with Crippen molar-refractivity contribution in [1.82, 2.24) is 9.78 Å². The number of benzene rings is 1. The van der Waals surface area contributed by atoms with Crippen molar-refractivity contribution in [2.24, 2.45) is 0 Å². The molecule has 0 amide bonds. The zero-order chi connectivity index (χ0) is 16.9. The van der Waals surface area contributed by atoms with Crippen LogP contribution in [0, 0.1) is 0 Å². The van der Waals surface area contributed by atoms with Gasteiger partial charge in [0.25, 0.3) is 0 Å². The zero-order valence-electron chi connectivity index (χ0n) is 13.9. The summed E-state index contributed by atoms with van der Waals surface area (Å²) < 4.78 is 1.77. The van der Waals surface area contributed by atoms with E-state index in [1.165, 1.54) is 24.9 Å². The largest absolute Gasteiger partial charge is 0.372 e. The van der Waals surface area contributed by atoms with E-state index in [4.69, 9.17) is 11.6 Å². The molecule has 0 spiro atoms. The molecule has 0 saturated carbocycles. The molecule has 1 aliphatic rings. The number of carbonyl (C=O) groups is 1. The number of ketones is 1. The Kier molecular flexibility index (Phi) is 5.36. The van der Waals surface area contributed by atoms with Crippen molar-refractivity contribution in [2.75, 3.05) is 18.0 Å². The summed E-state index contributed by atoms with van der Waals surface area (Å²) in [6.07, 6.45) is 8.70. The maximum atomic E-state index is 12.4. The number of carbonyl (C=O) groups excluding carboxylic acids is 1. The van der Waals surface area contributed by atoms with E-state index >= 15 is 0 Å². The average molecular weight is 344 g/mol. The van der Waals surface area contributed by atoms with Crippen LogP contribution in [0.1, 0.15) is 42.2 Å². The lowest BCUT2D eigenvalue weighted by molar-refractivity contribution is 0.104. The van der Waals surface area contributed by atoms with Crippen molar-refractivity contribution in [3.8, 4) is 0 Å². The number of aryl methyl sites for hydroxylation is 1. The first-order chi connectivity index (χ1) is 11.7. The number of hydrogen-bond acceptors (Lipinski definition) is 3. The lowest BCUT2D eigenvalue weighted by atomic mass is 10.1. The highest BCUT2D eigenvalue weighted by Gasteiger charge is 2.11. The van der Waals surface area contributed by atoms with Gasteiger partial charge < -0.3 is 4.90 Å². The Labute approximate surface area is 147 Å². The summed E-state index contributed by atoms with van der Waals surface area (Å²) in [5.74, 6) is -0.0277. The van der Waals surface area contributed by atoms with E-state index in [1.54, 1.807) is 23.0 Å². The van der Waals surface area contributed by atoms with Crippen molar-refractivity contribution >= 4 is 29.1 Å². The molecule has 1 fully saturated rings. The summed E-state index contributed by atoms with van der Waals surface area (Å²) in [5, 5.41) is 4.72. The molecule has 0 N–H and O–H groups in total. The van der Waals surface area contributed by atoms with Gasteiger partial charge in [-0.25, -0.2) is 0 Å². The van der Waals surface area contributed by atoms with E-state index < -0.39 is 0 Å². The van der Waals surface area contributed by atoms with Crippen LogP contribution >= 0.6 is 11.6 Å². The first-order valence-electron chi connectivity index (χ1n) is 8.48. The van der Waals surface area contributed by atoms with Crippen molar-refractivity contribution in [3.63, 3.8) is 0 Å². The molecule has 4 nitrogen and oxygen atoms in total. The predicted octanol–water partition coefficient (Wildman–Crippen LogP) is 4.44. The first kappa shape index (κ1) is 16.8. The molecule has 0 aliphatic carbocycles. The van der Waals surface area contributed by atoms with Gasteiger partial charge in [-0.15, -0.1) is 0 Å². The standard InChI is InChI=1S/C19H22ClN3O/c1-2-23-18(17(20)14-21-23)10-11-19(24)15-6-8-16(9-7-15)22-12-4-3-5-13-22/h6-11,14H,2-5,12-13H2,1H3/b11-10+. The van der Waals surface area contributed by atoms with E-state index in [1.807, 2.05) is 31.2 Å². The first-order valence-corrected chi connectivity index (χ1v) is 8.85. The SMILES string of the molecule is CCn1ncc(Cl)c1/C=C/C(=O)c1ccc(N2CCCCC2)cc1. The lowest BCUT2D eigenvalue weighted by Crippen LogP contribution is -2.29. The molecule has 0 radical (unpaired) electrons. The summed E-state index contributed by atoms with van der Waals surface area (Å²) >= 11 is 6.11. The van der Waals surface area contributed by atoms with E-state index in [0.717, 1.165) is 18.8 Å². The Morgan fingerprint density at radius 1 is 1.21 bits per heavy atom. The summed E-state index contributed by atoms with van der Waals surface area (Å²) in [4.78, 5) is 14.7. The number of anilines is 1. The van der Waals surface area contributed by atoms with Gasteiger partial charge in [0.15, 0.2) is 5.78 Å². The fraction of sp³-hybridized carbons (Fsp3) is 0.368. The third kappa shape index (κ3) is 3.70. The third-order valence-electron chi connectivity index (χ3n) is 4.40. The van der Waals surface area contributed by atoms with Gasteiger partial charge in [0, 0.05) is 30.9 Å². The van der Waals surface area contributed by atoms with E-state index in [9.17, 15) is 4.79 Å². The molecule has 0 bridgehead atoms. The number of rotatable bonds is 5. The Balaban J connectivity index is 1.70. The number of aromatic nitrogens is 2. The predicted molar refractivity (Wildman–Crippen MR) is 98.8 cm³/mol. The summed E-state index contributed by atoms with van der Waals surface area (Å²) in [6.45, 7) is 4.91. The minimum absolute atomic E-state index is 0.0277.